The summed E-state index contributed by atoms with van der Waals surface area (Å²) in [5.74, 6) is 1.28. The second-order valence-electron chi connectivity index (χ2n) is 7.17. The van der Waals surface area contributed by atoms with E-state index in [2.05, 4.69) is 41.3 Å². The summed E-state index contributed by atoms with van der Waals surface area (Å²) in [4.78, 5) is 7.14. The first-order chi connectivity index (χ1) is 12.6. The molecule has 1 unspecified atom stereocenters. The molecule has 0 spiro atoms. The van der Waals surface area contributed by atoms with Gasteiger partial charge in [0.25, 0.3) is 0 Å². The summed E-state index contributed by atoms with van der Waals surface area (Å²) < 4.78 is 18.8. The Labute approximate surface area is 180 Å². The molecule has 0 radical (unpaired) electrons. The first-order valence-corrected chi connectivity index (χ1v) is 9.67. The van der Waals surface area contributed by atoms with Crippen LogP contribution in [0.1, 0.15) is 26.3 Å². The van der Waals surface area contributed by atoms with Crippen molar-refractivity contribution in [1.82, 2.24) is 15.5 Å². The molecule has 0 aliphatic carbocycles. The highest BCUT2D eigenvalue weighted by Gasteiger charge is 2.20. The van der Waals surface area contributed by atoms with E-state index in [4.69, 9.17) is 4.74 Å². The number of nitrogens with one attached hydrogen (secondary N) is 2. The van der Waals surface area contributed by atoms with Crippen molar-refractivity contribution in [1.29, 1.82) is 0 Å². The summed E-state index contributed by atoms with van der Waals surface area (Å²) >= 11 is 0. The number of guanidine groups is 1. The fourth-order valence-electron chi connectivity index (χ4n) is 3.08. The summed E-state index contributed by atoms with van der Waals surface area (Å²) in [6, 6.07) is 6.64. The first kappa shape index (κ1) is 24.1. The molecule has 1 fully saturated rings. The number of nitrogens with zero attached hydrogens (tertiary/aromatic N) is 2. The zero-order valence-electron chi connectivity index (χ0n) is 16.7. The van der Waals surface area contributed by atoms with E-state index in [9.17, 15) is 4.39 Å². The van der Waals surface area contributed by atoms with Crippen LogP contribution < -0.4 is 10.6 Å². The molecule has 1 aromatic rings. The molecule has 1 heterocycles. The normalized spacial score (nSPS) is 18.3. The molecule has 2 N–H and O–H groups in total. The lowest BCUT2D eigenvalue weighted by molar-refractivity contribution is -0.0261. The third-order valence-electron chi connectivity index (χ3n) is 4.26. The topological polar surface area (TPSA) is 48.9 Å². The summed E-state index contributed by atoms with van der Waals surface area (Å²) in [6.45, 7) is 12.6. The third-order valence-corrected chi connectivity index (χ3v) is 4.26. The molecule has 1 saturated heterocycles. The van der Waals surface area contributed by atoms with E-state index in [0.29, 0.717) is 12.5 Å². The SMILES string of the molecule is CCNC(=NCC1CN(CC(C)C)CCO1)NCCc1ccc(F)cc1.I. The smallest absolute Gasteiger partial charge is 0.191 e. The lowest BCUT2D eigenvalue weighted by Crippen LogP contribution is -2.46. The van der Waals surface area contributed by atoms with Gasteiger partial charge in [0.2, 0.25) is 0 Å². The third kappa shape index (κ3) is 9.71. The molecule has 0 aromatic heterocycles. The summed E-state index contributed by atoms with van der Waals surface area (Å²) in [5.41, 5.74) is 1.11. The highest BCUT2D eigenvalue weighted by Crippen LogP contribution is 2.08. The predicted octanol–water partition coefficient (Wildman–Crippen LogP) is 2.90. The Morgan fingerprint density at radius 1 is 1.30 bits per heavy atom. The van der Waals surface area contributed by atoms with Gasteiger partial charge in [0.1, 0.15) is 5.82 Å². The van der Waals surface area contributed by atoms with Gasteiger partial charge >= 0.3 is 0 Å². The number of hydrogen-bond donors (Lipinski definition) is 2. The van der Waals surface area contributed by atoms with Gasteiger partial charge in [-0.25, -0.2) is 4.39 Å². The number of morpholine rings is 1. The zero-order chi connectivity index (χ0) is 18.8. The van der Waals surface area contributed by atoms with Gasteiger partial charge in [0.05, 0.1) is 19.3 Å². The van der Waals surface area contributed by atoms with Crippen molar-refractivity contribution in [2.45, 2.75) is 33.3 Å². The van der Waals surface area contributed by atoms with Crippen LogP contribution in [-0.2, 0) is 11.2 Å². The van der Waals surface area contributed by atoms with Gasteiger partial charge in [-0.3, -0.25) is 9.89 Å². The van der Waals surface area contributed by atoms with E-state index in [1.165, 1.54) is 12.1 Å². The molecular formula is C20H34FIN4O. The minimum Gasteiger partial charge on any atom is -0.374 e. The second kappa shape index (κ2) is 13.3. The Morgan fingerprint density at radius 3 is 2.70 bits per heavy atom. The molecule has 1 aliphatic rings. The van der Waals surface area contributed by atoms with Crippen molar-refractivity contribution in [3.05, 3.63) is 35.6 Å². The predicted molar refractivity (Wildman–Crippen MR) is 121 cm³/mol. The Bertz CT molecular complexity index is 553. The fourth-order valence-corrected chi connectivity index (χ4v) is 3.08. The lowest BCUT2D eigenvalue weighted by Gasteiger charge is -2.33. The quantitative estimate of drug-likeness (QED) is 0.333. The lowest BCUT2D eigenvalue weighted by atomic mass is 10.1. The van der Waals surface area contributed by atoms with Crippen LogP contribution in [0.25, 0.3) is 0 Å². The number of hydrogen-bond acceptors (Lipinski definition) is 3. The molecular weight excluding hydrogens is 458 g/mol. The minimum absolute atomic E-state index is 0. The number of aliphatic imine (C=N–C) groups is 1. The molecule has 154 valence electrons. The molecule has 7 heteroatoms. The largest absolute Gasteiger partial charge is 0.374 e. The van der Waals surface area contributed by atoms with Gasteiger partial charge in [-0.05, 0) is 37.0 Å². The average molecular weight is 492 g/mol. The first-order valence-electron chi connectivity index (χ1n) is 9.67. The van der Waals surface area contributed by atoms with E-state index >= 15 is 0 Å². The van der Waals surface area contributed by atoms with E-state index < -0.39 is 0 Å². The molecule has 5 nitrogen and oxygen atoms in total. The van der Waals surface area contributed by atoms with Gasteiger partial charge in [0, 0.05) is 32.7 Å². The monoisotopic (exact) mass is 492 g/mol. The van der Waals surface area contributed by atoms with Crippen LogP contribution in [0.4, 0.5) is 4.39 Å². The van der Waals surface area contributed by atoms with Gasteiger partial charge in [-0.2, -0.15) is 0 Å². The van der Waals surface area contributed by atoms with Crippen LogP contribution in [0.5, 0.6) is 0 Å². The van der Waals surface area contributed by atoms with Crippen molar-refractivity contribution in [3.63, 3.8) is 0 Å². The highest BCUT2D eigenvalue weighted by molar-refractivity contribution is 14.0. The van der Waals surface area contributed by atoms with Crippen LogP contribution in [0, 0.1) is 11.7 Å². The molecule has 2 rings (SSSR count). The Hall–Kier alpha value is -0.930. The maximum Gasteiger partial charge on any atom is 0.191 e. The maximum atomic E-state index is 13.0. The Kier molecular flexibility index (Phi) is 11.9. The molecule has 0 amide bonds. The van der Waals surface area contributed by atoms with Gasteiger partial charge in [-0.1, -0.05) is 26.0 Å². The van der Waals surface area contributed by atoms with Crippen LogP contribution in [0.2, 0.25) is 0 Å². The summed E-state index contributed by atoms with van der Waals surface area (Å²) in [7, 11) is 0. The van der Waals surface area contributed by atoms with Gasteiger partial charge in [-0.15, -0.1) is 24.0 Å². The molecule has 27 heavy (non-hydrogen) atoms. The minimum atomic E-state index is -0.199. The van der Waals surface area contributed by atoms with E-state index in [1.54, 1.807) is 0 Å². The molecule has 0 saturated carbocycles. The Balaban J connectivity index is 0.00000364. The van der Waals surface area contributed by atoms with Gasteiger partial charge in [0.15, 0.2) is 5.96 Å². The van der Waals surface area contributed by atoms with E-state index in [1.807, 2.05) is 12.1 Å². The summed E-state index contributed by atoms with van der Waals surface area (Å²) in [6.07, 6.45) is 0.974. The zero-order valence-corrected chi connectivity index (χ0v) is 19.0. The van der Waals surface area contributed by atoms with Gasteiger partial charge < -0.3 is 15.4 Å². The fraction of sp³-hybridized carbons (Fsp3) is 0.650. The molecule has 1 aromatic carbocycles. The van der Waals surface area contributed by atoms with Crippen molar-refractivity contribution in [2.24, 2.45) is 10.9 Å². The van der Waals surface area contributed by atoms with Crippen molar-refractivity contribution in [3.8, 4) is 0 Å². The van der Waals surface area contributed by atoms with E-state index in [0.717, 1.165) is 57.3 Å². The second-order valence-corrected chi connectivity index (χ2v) is 7.17. The molecule has 1 atom stereocenters. The number of halogens is 2. The van der Waals surface area contributed by atoms with Crippen molar-refractivity contribution in [2.75, 3.05) is 45.9 Å². The van der Waals surface area contributed by atoms with Crippen LogP contribution in [-0.4, -0.2) is 62.8 Å². The summed E-state index contributed by atoms with van der Waals surface area (Å²) in [5, 5.41) is 6.61. The average Bonchev–Trinajstić information content (AvgIpc) is 2.61. The molecule has 0 bridgehead atoms. The van der Waals surface area contributed by atoms with Crippen molar-refractivity contribution >= 4 is 29.9 Å². The number of rotatable bonds is 8. The van der Waals surface area contributed by atoms with Crippen LogP contribution >= 0.6 is 24.0 Å². The standard InChI is InChI=1S/C20H33FN4O.HI/c1-4-22-20(23-10-9-17-5-7-18(21)8-6-17)24-13-19-15-25(11-12-26-19)14-16(2)3;/h5-8,16,19H,4,9-15H2,1-3H3,(H2,22,23,24);1H. The van der Waals surface area contributed by atoms with Crippen LogP contribution in [0.3, 0.4) is 0 Å². The molecule has 1 aliphatic heterocycles. The highest BCUT2D eigenvalue weighted by atomic mass is 127. The Morgan fingerprint density at radius 2 is 2.04 bits per heavy atom. The van der Waals surface area contributed by atoms with Crippen LogP contribution in [0.15, 0.2) is 29.3 Å². The number of ether oxygens (including phenoxy) is 1. The number of benzene rings is 1. The van der Waals surface area contributed by atoms with E-state index in [-0.39, 0.29) is 35.9 Å². The van der Waals surface area contributed by atoms with Crippen molar-refractivity contribution < 1.29 is 9.13 Å². The maximum absolute atomic E-state index is 13.0.